The van der Waals surface area contributed by atoms with Crippen molar-refractivity contribution in [3.63, 3.8) is 0 Å². The highest BCUT2D eigenvalue weighted by atomic mass is 32.2. The molecular weight excluding hydrogens is 546 g/mol. The van der Waals surface area contributed by atoms with E-state index in [1.807, 2.05) is 25.1 Å². The van der Waals surface area contributed by atoms with Crippen molar-refractivity contribution in [1.29, 1.82) is 0 Å². The van der Waals surface area contributed by atoms with Gasteiger partial charge in [0.1, 0.15) is 0 Å². The van der Waals surface area contributed by atoms with Crippen LogP contribution < -0.4 is 5.73 Å². The lowest BCUT2D eigenvalue weighted by Gasteiger charge is -2.21. The molecule has 0 saturated carbocycles. The molecule has 0 fully saturated rings. The third-order valence-corrected chi connectivity index (χ3v) is 9.06. The largest absolute Gasteiger partial charge is 0.364 e. The number of aryl methyl sites for hydroxylation is 1. The molecule has 0 saturated heterocycles. The number of amides is 1. The topological polar surface area (TPSA) is 103 Å². The van der Waals surface area contributed by atoms with Crippen molar-refractivity contribution >= 4 is 32.2 Å². The highest BCUT2D eigenvalue weighted by molar-refractivity contribution is 7.90. The molecule has 1 amide bonds. The Morgan fingerprint density at radius 2 is 1.67 bits per heavy atom. The van der Waals surface area contributed by atoms with E-state index in [2.05, 4.69) is 70.3 Å². The van der Waals surface area contributed by atoms with Gasteiger partial charge in [-0.25, -0.2) is 13.1 Å². The van der Waals surface area contributed by atoms with Crippen LogP contribution in [0.25, 0.3) is 33.3 Å². The van der Waals surface area contributed by atoms with Gasteiger partial charge in [-0.1, -0.05) is 42.5 Å². The average molecular weight is 580 g/mol. The molecule has 0 bridgehead atoms. The Morgan fingerprint density at radius 3 is 2.26 bits per heavy atom. The number of carbonyl (C=O) groups excluding carboxylic acids is 1. The van der Waals surface area contributed by atoms with Gasteiger partial charge in [0.15, 0.2) is 15.5 Å². The second-order valence-corrected chi connectivity index (χ2v) is 13.1. The zero-order valence-electron chi connectivity index (χ0n) is 23.9. The maximum Gasteiger partial charge on any atom is 0.269 e. The summed E-state index contributed by atoms with van der Waals surface area (Å²) in [6.45, 7) is 4.53. The lowest BCUT2D eigenvalue weighted by molar-refractivity contribution is 0.0995. The quantitative estimate of drug-likeness (QED) is 0.290. The van der Waals surface area contributed by atoms with Gasteiger partial charge in [0, 0.05) is 54.2 Å². The number of nitrogens with zero attached hydrogens (tertiary/aromatic N) is 4. The van der Waals surface area contributed by atoms with Gasteiger partial charge in [-0.2, -0.15) is 5.10 Å². The first-order valence-electron chi connectivity index (χ1n) is 13.8. The molecule has 1 aliphatic heterocycles. The molecule has 42 heavy (non-hydrogen) atoms. The highest BCUT2D eigenvalue weighted by Crippen LogP contribution is 2.33. The summed E-state index contributed by atoms with van der Waals surface area (Å²) in [4.78, 5) is 14.4. The molecule has 6 rings (SSSR count). The summed E-state index contributed by atoms with van der Waals surface area (Å²) in [5.74, 6) is -0.543. The van der Waals surface area contributed by atoms with Gasteiger partial charge in [-0.3, -0.25) is 4.79 Å². The van der Waals surface area contributed by atoms with Crippen molar-refractivity contribution in [3.05, 3.63) is 108 Å². The fourth-order valence-corrected chi connectivity index (χ4v) is 6.20. The number of aromatic nitrogens is 3. The van der Waals surface area contributed by atoms with Gasteiger partial charge < -0.3 is 15.2 Å². The van der Waals surface area contributed by atoms with Gasteiger partial charge in [0.25, 0.3) is 5.91 Å². The molecule has 2 aromatic heterocycles. The van der Waals surface area contributed by atoms with E-state index in [9.17, 15) is 13.2 Å². The van der Waals surface area contributed by atoms with Crippen molar-refractivity contribution in [1.82, 2.24) is 19.2 Å². The summed E-state index contributed by atoms with van der Waals surface area (Å²) < 4.78 is 27.7. The van der Waals surface area contributed by atoms with Gasteiger partial charge in [-0.05, 0) is 79.1 Å². The van der Waals surface area contributed by atoms with Crippen molar-refractivity contribution < 1.29 is 13.2 Å². The van der Waals surface area contributed by atoms with Crippen LogP contribution in [0.4, 0.5) is 0 Å². The van der Waals surface area contributed by atoms with Crippen molar-refractivity contribution in [2.45, 2.75) is 24.8 Å². The van der Waals surface area contributed by atoms with Crippen LogP contribution in [-0.4, -0.2) is 60.0 Å². The number of carbonyl (C=O) groups is 1. The summed E-state index contributed by atoms with van der Waals surface area (Å²) in [7, 11) is -1.09. The standard InChI is InChI=1S/C33H33N5O3S/c1-22-18-31(33(34)39)35-38(22)27-10-13-32-29(19-27)30(26-14-16-36(2)17-15-26)21-37(32)20-23-4-6-24(7-5-23)25-8-11-28(12-9-25)42(3,40)41/h4-14,18-19,21H,15-17,20H2,1-3H3,(H2,34,39). The number of rotatable bonds is 7. The third kappa shape index (κ3) is 5.41. The lowest BCUT2D eigenvalue weighted by atomic mass is 9.99. The minimum absolute atomic E-state index is 0.248. The van der Waals surface area contributed by atoms with E-state index in [0.29, 0.717) is 11.4 Å². The minimum Gasteiger partial charge on any atom is -0.364 e. The number of likely N-dealkylation sites (N-methyl/N-ethyl adjacent to an activating group) is 1. The van der Waals surface area contributed by atoms with Crippen LogP contribution in [0.15, 0.2) is 90.0 Å². The SMILES string of the molecule is Cc1cc(C(N)=O)nn1-c1ccc2c(c1)c(C1=CCN(C)CC1)cn2Cc1ccc(-c2ccc(S(C)(=O)=O)cc2)cc1. The van der Waals surface area contributed by atoms with Crippen LogP contribution in [-0.2, 0) is 16.4 Å². The Morgan fingerprint density at radius 1 is 0.976 bits per heavy atom. The maximum absolute atomic E-state index is 11.8. The number of sulfone groups is 1. The number of benzene rings is 3. The first kappa shape index (κ1) is 27.7. The summed E-state index contributed by atoms with van der Waals surface area (Å²) >= 11 is 0. The third-order valence-electron chi connectivity index (χ3n) is 7.93. The number of fused-ring (bicyclic) bond motifs is 1. The van der Waals surface area contributed by atoms with Crippen molar-refractivity contribution in [2.24, 2.45) is 5.73 Å². The lowest BCUT2D eigenvalue weighted by Crippen LogP contribution is -2.23. The summed E-state index contributed by atoms with van der Waals surface area (Å²) in [6.07, 6.45) is 6.74. The van der Waals surface area contributed by atoms with Gasteiger partial charge in [0.2, 0.25) is 0 Å². The Labute approximate surface area is 245 Å². The Balaban J connectivity index is 1.35. The van der Waals surface area contributed by atoms with Crippen LogP contribution in [0.5, 0.6) is 0 Å². The molecule has 3 aromatic carbocycles. The number of nitrogens with two attached hydrogens (primary N) is 1. The summed E-state index contributed by atoms with van der Waals surface area (Å²) in [5, 5.41) is 5.59. The average Bonchev–Trinajstić information content (AvgIpc) is 3.54. The Bertz CT molecular complexity index is 1950. The zero-order valence-corrected chi connectivity index (χ0v) is 24.7. The molecule has 0 unspecified atom stereocenters. The molecule has 2 N–H and O–H groups in total. The molecule has 214 valence electrons. The number of hydrogen-bond acceptors (Lipinski definition) is 5. The predicted molar refractivity (Wildman–Crippen MR) is 166 cm³/mol. The molecular formula is C33H33N5O3S. The molecule has 0 radical (unpaired) electrons. The predicted octanol–water partition coefficient (Wildman–Crippen LogP) is 5.07. The fraction of sp³-hybridized carbons (Fsp3) is 0.212. The Kier molecular flexibility index (Phi) is 7.08. The fourth-order valence-electron chi connectivity index (χ4n) is 5.57. The normalized spacial score (nSPS) is 14.3. The molecule has 1 aliphatic rings. The van der Waals surface area contributed by atoms with Crippen molar-refractivity contribution in [2.75, 3.05) is 26.4 Å². The van der Waals surface area contributed by atoms with Gasteiger partial charge >= 0.3 is 0 Å². The molecule has 9 heteroatoms. The smallest absolute Gasteiger partial charge is 0.269 e. The first-order valence-corrected chi connectivity index (χ1v) is 15.7. The van der Waals surface area contributed by atoms with Crippen molar-refractivity contribution in [3.8, 4) is 16.8 Å². The second-order valence-electron chi connectivity index (χ2n) is 11.1. The second kappa shape index (κ2) is 10.7. The van der Waals surface area contributed by atoms with Crippen LogP contribution >= 0.6 is 0 Å². The number of hydrogen-bond donors (Lipinski definition) is 1. The molecule has 5 aromatic rings. The van der Waals surface area contributed by atoms with Crippen LogP contribution in [0, 0.1) is 6.92 Å². The highest BCUT2D eigenvalue weighted by Gasteiger charge is 2.18. The van der Waals surface area contributed by atoms with E-state index in [1.54, 1.807) is 22.9 Å². The van der Waals surface area contributed by atoms with E-state index < -0.39 is 15.7 Å². The zero-order chi connectivity index (χ0) is 29.6. The summed E-state index contributed by atoms with van der Waals surface area (Å²) in [5.41, 5.74) is 14.3. The summed E-state index contributed by atoms with van der Waals surface area (Å²) in [6, 6.07) is 23.4. The molecule has 8 nitrogen and oxygen atoms in total. The van der Waals surface area contributed by atoms with E-state index in [0.717, 1.165) is 58.5 Å². The monoisotopic (exact) mass is 579 g/mol. The van der Waals surface area contributed by atoms with Gasteiger partial charge in [0.05, 0.1) is 10.6 Å². The Hall–Kier alpha value is -4.47. The molecule has 3 heterocycles. The van der Waals surface area contributed by atoms with E-state index in [-0.39, 0.29) is 5.69 Å². The first-order chi connectivity index (χ1) is 20.1. The van der Waals surface area contributed by atoms with E-state index in [4.69, 9.17) is 5.73 Å². The number of primary amides is 1. The van der Waals surface area contributed by atoms with Crippen LogP contribution in [0.2, 0.25) is 0 Å². The van der Waals surface area contributed by atoms with Gasteiger partial charge in [-0.15, -0.1) is 0 Å². The molecule has 0 aliphatic carbocycles. The van der Waals surface area contributed by atoms with E-state index in [1.165, 1.54) is 17.4 Å². The molecule has 0 spiro atoms. The molecule has 0 atom stereocenters. The van der Waals surface area contributed by atoms with Crippen LogP contribution in [0.3, 0.4) is 0 Å². The van der Waals surface area contributed by atoms with Crippen LogP contribution in [0.1, 0.15) is 33.7 Å². The van der Waals surface area contributed by atoms with E-state index >= 15 is 0 Å². The maximum atomic E-state index is 11.8. The minimum atomic E-state index is -3.23.